The second-order valence-electron chi connectivity index (χ2n) is 14.1. The number of hydrogen-bond donors (Lipinski definition) is 5. The predicted octanol–water partition coefficient (Wildman–Crippen LogP) is 6.69. The fourth-order valence-electron chi connectivity index (χ4n) is 8.32. The number of nitriles is 1. The number of nitrogens with zero attached hydrogens (tertiary/aromatic N) is 4. The van der Waals surface area contributed by atoms with E-state index in [0.29, 0.717) is 25.9 Å². The molecule has 5 N–H and O–H groups in total. The minimum absolute atomic E-state index is 0.0223. The van der Waals surface area contributed by atoms with Crippen LogP contribution in [0.25, 0.3) is 44.4 Å². The van der Waals surface area contributed by atoms with E-state index in [1.165, 1.54) is 0 Å². The van der Waals surface area contributed by atoms with Crippen molar-refractivity contribution in [2.75, 3.05) is 6.54 Å². The molecule has 5 heterocycles. The predicted molar refractivity (Wildman–Crippen MR) is 192 cm³/mol. The molecule has 1 amide bonds. The molecular weight excluding hydrogens is 640 g/mol. The molecule has 9 rings (SSSR count). The lowest BCUT2D eigenvalue weighted by molar-refractivity contribution is -0.121. The smallest absolute Gasteiger partial charge is 0.404 e. The van der Waals surface area contributed by atoms with Gasteiger partial charge in [-0.2, -0.15) is 5.26 Å². The minimum Gasteiger partial charge on any atom is -0.465 e. The number of ketones is 1. The Morgan fingerprint density at radius 3 is 2.35 bits per heavy atom. The van der Waals surface area contributed by atoms with Crippen molar-refractivity contribution in [2.24, 2.45) is 5.92 Å². The minimum atomic E-state index is -1.10. The number of nitrogens with one attached hydrogen (secondary N) is 4. The van der Waals surface area contributed by atoms with Crippen molar-refractivity contribution < 1.29 is 14.7 Å². The summed E-state index contributed by atoms with van der Waals surface area (Å²) in [7, 11) is 0. The third-order valence-corrected chi connectivity index (χ3v) is 10.9. The number of carbonyl (C=O) groups is 2. The lowest BCUT2D eigenvalue weighted by Gasteiger charge is -2.31. The highest BCUT2D eigenvalue weighted by atomic mass is 16.4. The van der Waals surface area contributed by atoms with E-state index in [-0.39, 0.29) is 23.7 Å². The molecule has 3 aromatic heterocycles. The van der Waals surface area contributed by atoms with Crippen LogP contribution < -0.4 is 10.6 Å². The number of benzene rings is 3. The second-order valence-corrected chi connectivity index (χ2v) is 14.1. The SMILES string of the molecule is N#C[C@@H]1CN[C@H](c2ncc(-c3ccc4cc(-c5ccc(-c6cnc([C@H]7CC(=O)C8c9c(ccn9C7)CC[C@@H]8NC(=O)O)[nH]6)cc5)ccc4c3)[nH]2)C1. The van der Waals surface area contributed by atoms with Gasteiger partial charge in [-0.25, -0.2) is 14.8 Å². The summed E-state index contributed by atoms with van der Waals surface area (Å²) in [6.45, 7) is 1.30. The van der Waals surface area contributed by atoms with Crippen LogP contribution in [0.15, 0.2) is 85.3 Å². The van der Waals surface area contributed by atoms with Crippen molar-refractivity contribution >= 4 is 22.6 Å². The lowest BCUT2D eigenvalue weighted by atomic mass is 9.79. The first kappa shape index (κ1) is 31.0. The van der Waals surface area contributed by atoms with E-state index in [4.69, 9.17) is 4.98 Å². The van der Waals surface area contributed by atoms with Gasteiger partial charge in [-0.05, 0) is 70.5 Å². The van der Waals surface area contributed by atoms with E-state index in [1.54, 1.807) is 0 Å². The van der Waals surface area contributed by atoms with E-state index in [9.17, 15) is 20.0 Å². The number of aromatic nitrogens is 5. The maximum Gasteiger partial charge on any atom is 0.404 e. The molecule has 1 saturated heterocycles. The number of imidazole rings is 2. The molecule has 254 valence electrons. The van der Waals surface area contributed by atoms with Gasteiger partial charge >= 0.3 is 6.09 Å². The second kappa shape index (κ2) is 12.4. The Morgan fingerprint density at radius 1 is 0.902 bits per heavy atom. The number of amides is 1. The van der Waals surface area contributed by atoms with E-state index in [1.807, 2.05) is 18.6 Å². The van der Waals surface area contributed by atoms with E-state index >= 15 is 0 Å². The Bertz CT molecular complexity index is 2340. The molecule has 5 atom stereocenters. The van der Waals surface area contributed by atoms with Gasteiger partial charge in [0, 0.05) is 48.9 Å². The molecule has 51 heavy (non-hydrogen) atoms. The third kappa shape index (κ3) is 5.67. The lowest BCUT2D eigenvalue weighted by Crippen LogP contribution is -2.44. The largest absolute Gasteiger partial charge is 0.465 e. The fraction of sp³-hybridized carbons (Fsp3) is 0.275. The van der Waals surface area contributed by atoms with Gasteiger partial charge in [0.15, 0.2) is 0 Å². The zero-order valence-corrected chi connectivity index (χ0v) is 27.8. The summed E-state index contributed by atoms with van der Waals surface area (Å²) in [5.74, 6) is 1.08. The summed E-state index contributed by atoms with van der Waals surface area (Å²) in [4.78, 5) is 41.4. The highest BCUT2D eigenvalue weighted by Gasteiger charge is 2.41. The first-order valence-electron chi connectivity index (χ1n) is 17.5. The van der Waals surface area contributed by atoms with Gasteiger partial charge in [0.2, 0.25) is 0 Å². The number of fused-ring (bicyclic) bond motifs is 1. The first-order chi connectivity index (χ1) is 24.9. The molecule has 0 bridgehead atoms. The number of rotatable bonds is 6. The van der Waals surface area contributed by atoms with E-state index in [0.717, 1.165) is 80.2 Å². The van der Waals surface area contributed by atoms with Crippen LogP contribution in [-0.4, -0.2) is 54.1 Å². The van der Waals surface area contributed by atoms with Crippen molar-refractivity contribution in [3.63, 3.8) is 0 Å². The Balaban J connectivity index is 0.907. The molecule has 0 saturated carbocycles. The molecule has 3 aliphatic rings. The van der Waals surface area contributed by atoms with Crippen LogP contribution in [0.3, 0.4) is 0 Å². The summed E-state index contributed by atoms with van der Waals surface area (Å²) in [6, 6.07) is 25.4. The maximum absolute atomic E-state index is 13.6. The van der Waals surface area contributed by atoms with Crippen LogP contribution in [0.4, 0.5) is 4.79 Å². The van der Waals surface area contributed by atoms with Gasteiger partial charge in [-0.1, -0.05) is 48.5 Å². The number of carbonyl (C=O) groups excluding carboxylic acids is 1. The zero-order valence-electron chi connectivity index (χ0n) is 27.8. The van der Waals surface area contributed by atoms with Crippen LogP contribution in [0.1, 0.15) is 60.0 Å². The summed E-state index contributed by atoms with van der Waals surface area (Å²) in [6.07, 6.45) is 7.05. The zero-order chi connectivity index (χ0) is 34.6. The normalized spacial score (nSPS) is 22.7. The van der Waals surface area contributed by atoms with E-state index in [2.05, 4.69) is 103 Å². The molecule has 1 fully saturated rings. The number of Topliss-reactive ketones (excluding diaryl/α,β-unsaturated/α-hetero) is 1. The molecule has 6 aromatic rings. The van der Waals surface area contributed by atoms with Crippen molar-refractivity contribution in [3.8, 4) is 39.7 Å². The monoisotopic (exact) mass is 676 g/mol. The standard InChI is InChI=1S/C40H36N8O3/c41-17-22-13-32(42-18-22)39-44-20-34(46-39)29-8-7-27-14-26(5-6-28(27)15-29)23-1-3-24(4-2-23)33-19-43-38(45-33)30-16-35(49)36-31(47-40(50)51)10-9-25-11-12-48(21-30)37(25)36/h1-8,11-12,14-15,19-20,22,30-32,36,42,47H,9-10,13,16,18,21H2,(H,43,45)(H,44,46)(H,50,51)/t22-,30+,31+,32+,36?/m1/s1. The third-order valence-electron chi connectivity index (χ3n) is 10.9. The molecule has 11 nitrogen and oxygen atoms in total. The first-order valence-corrected chi connectivity index (χ1v) is 17.5. The van der Waals surface area contributed by atoms with Gasteiger partial charge < -0.3 is 30.3 Å². The maximum atomic E-state index is 13.6. The van der Waals surface area contributed by atoms with Gasteiger partial charge in [-0.15, -0.1) is 0 Å². The number of aromatic amines is 2. The average Bonchev–Trinajstić information content (AvgIpc) is 3.97. The van der Waals surface area contributed by atoms with Gasteiger partial charge in [0.05, 0.1) is 47.7 Å². The van der Waals surface area contributed by atoms with Crippen LogP contribution in [-0.2, 0) is 17.8 Å². The molecular formula is C40H36N8O3. The van der Waals surface area contributed by atoms with Crippen molar-refractivity contribution in [1.82, 2.24) is 35.1 Å². The Morgan fingerprint density at radius 2 is 1.59 bits per heavy atom. The Kier molecular flexibility index (Phi) is 7.55. The van der Waals surface area contributed by atoms with Crippen LogP contribution in [0.5, 0.6) is 0 Å². The van der Waals surface area contributed by atoms with E-state index < -0.39 is 18.1 Å². The van der Waals surface area contributed by atoms with Crippen molar-refractivity contribution in [2.45, 2.75) is 56.1 Å². The molecule has 1 aliphatic carbocycles. The molecule has 0 spiro atoms. The molecule has 11 heteroatoms. The quantitative estimate of drug-likeness (QED) is 0.131. The van der Waals surface area contributed by atoms with Crippen LogP contribution >= 0.6 is 0 Å². The summed E-state index contributed by atoms with van der Waals surface area (Å²) in [5, 5.41) is 26.9. The van der Waals surface area contributed by atoms with Crippen LogP contribution in [0.2, 0.25) is 0 Å². The molecule has 1 unspecified atom stereocenters. The van der Waals surface area contributed by atoms with Gasteiger partial charge in [0.1, 0.15) is 17.4 Å². The Labute approximate surface area is 293 Å². The highest BCUT2D eigenvalue weighted by molar-refractivity contribution is 5.91. The van der Waals surface area contributed by atoms with Crippen molar-refractivity contribution in [1.29, 1.82) is 5.26 Å². The summed E-state index contributed by atoms with van der Waals surface area (Å²) in [5.41, 5.74) is 8.22. The number of hydrogen-bond acceptors (Lipinski definition) is 6. The van der Waals surface area contributed by atoms with Gasteiger partial charge in [-0.3, -0.25) is 4.79 Å². The summed E-state index contributed by atoms with van der Waals surface area (Å²) >= 11 is 0. The van der Waals surface area contributed by atoms with Crippen molar-refractivity contribution in [3.05, 3.63) is 108 Å². The fourth-order valence-corrected chi connectivity index (χ4v) is 8.32. The number of aryl methyl sites for hydroxylation is 1. The van der Waals surface area contributed by atoms with Crippen LogP contribution in [0, 0.1) is 17.2 Å². The number of H-pyrrole nitrogens is 2. The Hall–Kier alpha value is -5.99. The average molecular weight is 677 g/mol. The molecule has 2 aliphatic heterocycles. The summed E-state index contributed by atoms with van der Waals surface area (Å²) < 4.78 is 2.13. The number of carboxylic acid groups (broad SMARTS) is 1. The molecule has 0 radical (unpaired) electrons. The van der Waals surface area contributed by atoms with Gasteiger partial charge in [0.25, 0.3) is 0 Å². The topological polar surface area (TPSA) is 165 Å². The highest BCUT2D eigenvalue weighted by Crippen LogP contribution is 2.40. The molecule has 3 aromatic carbocycles.